The number of hydrogen-bond donors (Lipinski definition) is 0. The zero-order valence-electron chi connectivity index (χ0n) is 7.52. The Morgan fingerprint density at radius 2 is 2.50 bits per heavy atom. The van der Waals surface area contributed by atoms with E-state index in [0.29, 0.717) is 5.69 Å². The lowest BCUT2D eigenvalue weighted by Gasteiger charge is -2.02. The molecule has 1 aromatic rings. The topological polar surface area (TPSA) is 72.1 Å². The number of ether oxygens (including phenoxy) is 1. The van der Waals surface area contributed by atoms with Gasteiger partial charge < -0.3 is 4.74 Å². The Kier molecular flexibility index (Phi) is 3.42. The Hall–Kier alpha value is -1.61. The average molecular weight is 212 g/mol. The van der Waals surface area contributed by atoms with Crippen molar-refractivity contribution in [1.29, 1.82) is 5.26 Å². The number of carbonyl (C=O) groups is 1. The Morgan fingerprint density at radius 1 is 1.79 bits per heavy atom. The Bertz CT molecular complexity index is 427. The summed E-state index contributed by atoms with van der Waals surface area (Å²) in [6.45, 7) is 1.32. The highest BCUT2D eigenvalue weighted by atomic mass is 32.1. The van der Waals surface area contributed by atoms with Crippen molar-refractivity contribution in [3.8, 4) is 6.07 Å². The quantitative estimate of drug-likeness (QED) is 0.675. The molecule has 0 aliphatic carbocycles. The molecule has 0 saturated carbocycles. The van der Waals surface area contributed by atoms with Crippen LogP contribution in [0.5, 0.6) is 0 Å². The van der Waals surface area contributed by atoms with Crippen LogP contribution in [0.25, 0.3) is 0 Å². The molecule has 0 N–H and O–H groups in total. The molecule has 74 valence electrons. The zero-order chi connectivity index (χ0) is 10.6. The molecule has 0 fully saturated rings. The molecule has 0 aromatic carbocycles. The van der Waals surface area contributed by atoms with Gasteiger partial charge in [-0.15, -0.1) is 0 Å². The summed E-state index contributed by atoms with van der Waals surface area (Å²) in [4.78, 5) is 22.0. The van der Waals surface area contributed by atoms with Crippen molar-refractivity contribution in [3.05, 3.63) is 20.7 Å². The van der Waals surface area contributed by atoms with E-state index in [-0.39, 0.29) is 18.0 Å². The van der Waals surface area contributed by atoms with Crippen LogP contribution in [0.1, 0.15) is 5.69 Å². The number of aromatic nitrogens is 1. The van der Waals surface area contributed by atoms with Gasteiger partial charge in [0, 0.05) is 11.1 Å². The molecular formula is C8H8N2O3S. The average Bonchev–Trinajstić information content (AvgIpc) is 2.46. The summed E-state index contributed by atoms with van der Waals surface area (Å²) in [7, 11) is 0. The van der Waals surface area contributed by atoms with Gasteiger partial charge in [0.05, 0.1) is 0 Å². The molecule has 0 saturated heterocycles. The van der Waals surface area contributed by atoms with Gasteiger partial charge in [0.25, 0.3) is 0 Å². The predicted octanol–water partition coefficient (Wildman–Crippen LogP) is 0.285. The molecule has 0 aliphatic rings. The lowest BCUT2D eigenvalue weighted by atomic mass is 10.5. The van der Waals surface area contributed by atoms with Gasteiger partial charge in [0.15, 0.2) is 6.61 Å². The number of nitriles is 1. The number of aryl methyl sites for hydroxylation is 1. The highest BCUT2D eigenvalue weighted by Crippen LogP contribution is 1.99. The van der Waals surface area contributed by atoms with Crippen LogP contribution >= 0.6 is 11.3 Å². The van der Waals surface area contributed by atoms with Gasteiger partial charge in [-0.1, -0.05) is 11.3 Å². The molecule has 1 aromatic heterocycles. The molecule has 0 atom stereocenters. The van der Waals surface area contributed by atoms with Gasteiger partial charge in [-0.2, -0.15) is 5.26 Å². The van der Waals surface area contributed by atoms with Crippen molar-refractivity contribution in [2.75, 3.05) is 6.61 Å². The smallest absolute Gasteiger partial charge is 0.327 e. The molecule has 0 amide bonds. The van der Waals surface area contributed by atoms with E-state index in [1.54, 1.807) is 18.4 Å². The van der Waals surface area contributed by atoms with Gasteiger partial charge in [-0.25, -0.2) is 0 Å². The van der Waals surface area contributed by atoms with Crippen molar-refractivity contribution in [1.82, 2.24) is 4.57 Å². The predicted molar refractivity (Wildman–Crippen MR) is 49.9 cm³/mol. The van der Waals surface area contributed by atoms with E-state index >= 15 is 0 Å². The second-order valence-corrected chi connectivity index (χ2v) is 3.37. The largest absolute Gasteiger partial charge is 0.449 e. The van der Waals surface area contributed by atoms with Crippen molar-refractivity contribution in [3.63, 3.8) is 0 Å². The summed E-state index contributed by atoms with van der Waals surface area (Å²) in [5, 5.41) is 9.82. The van der Waals surface area contributed by atoms with E-state index in [2.05, 4.69) is 4.74 Å². The standard InChI is InChI=1S/C8H8N2O3S/c1-6-5-14-8(12)10(6)4-7(11)13-3-2-9/h5H,3-4H2,1H3. The summed E-state index contributed by atoms with van der Waals surface area (Å²) in [5.41, 5.74) is 0.717. The minimum atomic E-state index is -0.574. The maximum Gasteiger partial charge on any atom is 0.327 e. The molecule has 0 radical (unpaired) electrons. The second kappa shape index (κ2) is 4.58. The number of carbonyl (C=O) groups excluding carboxylic acids is 1. The third kappa shape index (κ3) is 2.44. The van der Waals surface area contributed by atoms with Gasteiger partial charge in [0.1, 0.15) is 12.6 Å². The van der Waals surface area contributed by atoms with Gasteiger partial charge in [0.2, 0.25) is 0 Å². The maximum atomic E-state index is 11.2. The monoisotopic (exact) mass is 212 g/mol. The van der Waals surface area contributed by atoms with E-state index in [1.165, 1.54) is 4.57 Å². The number of rotatable bonds is 3. The van der Waals surface area contributed by atoms with Gasteiger partial charge in [-0.05, 0) is 6.92 Å². The van der Waals surface area contributed by atoms with Crippen LogP contribution in [0.4, 0.5) is 0 Å². The summed E-state index contributed by atoms with van der Waals surface area (Å²) in [6.07, 6.45) is 0. The Balaban J connectivity index is 2.66. The first-order valence-electron chi connectivity index (χ1n) is 3.82. The van der Waals surface area contributed by atoms with Crippen LogP contribution in [0, 0.1) is 18.3 Å². The maximum absolute atomic E-state index is 11.2. The molecule has 1 heterocycles. The molecule has 0 unspecified atom stereocenters. The molecule has 14 heavy (non-hydrogen) atoms. The van der Waals surface area contributed by atoms with E-state index < -0.39 is 5.97 Å². The van der Waals surface area contributed by atoms with E-state index in [0.717, 1.165) is 11.3 Å². The molecule has 0 bridgehead atoms. The van der Waals surface area contributed by atoms with Crippen molar-refractivity contribution in [2.24, 2.45) is 0 Å². The third-order valence-corrected chi connectivity index (χ3v) is 2.44. The van der Waals surface area contributed by atoms with Gasteiger partial charge in [-0.3, -0.25) is 14.2 Å². The molecule has 5 nitrogen and oxygen atoms in total. The van der Waals surface area contributed by atoms with E-state index in [4.69, 9.17) is 5.26 Å². The molecule has 6 heteroatoms. The first kappa shape index (κ1) is 10.5. The normalized spacial score (nSPS) is 9.43. The van der Waals surface area contributed by atoms with Crippen LogP contribution in [0.3, 0.4) is 0 Å². The van der Waals surface area contributed by atoms with Crippen LogP contribution in [-0.2, 0) is 16.1 Å². The molecule has 0 spiro atoms. The second-order valence-electron chi connectivity index (χ2n) is 2.55. The van der Waals surface area contributed by atoms with Crippen molar-refractivity contribution in [2.45, 2.75) is 13.5 Å². The molecular weight excluding hydrogens is 204 g/mol. The van der Waals surface area contributed by atoms with Crippen molar-refractivity contribution >= 4 is 17.3 Å². The minimum Gasteiger partial charge on any atom is -0.449 e. The lowest BCUT2D eigenvalue weighted by molar-refractivity contribution is -0.143. The van der Waals surface area contributed by atoms with E-state index in [1.807, 2.05) is 0 Å². The Morgan fingerprint density at radius 3 is 3.00 bits per heavy atom. The summed E-state index contributed by atoms with van der Waals surface area (Å²) >= 11 is 1.03. The van der Waals surface area contributed by atoms with Crippen LogP contribution in [0.2, 0.25) is 0 Å². The first-order chi connectivity index (χ1) is 6.65. The number of esters is 1. The summed E-state index contributed by atoms with van der Waals surface area (Å²) in [6, 6.07) is 1.68. The highest BCUT2D eigenvalue weighted by Gasteiger charge is 2.08. The fourth-order valence-electron chi connectivity index (χ4n) is 0.884. The first-order valence-corrected chi connectivity index (χ1v) is 4.70. The van der Waals surface area contributed by atoms with Crippen LogP contribution < -0.4 is 4.87 Å². The number of nitrogens with zero attached hydrogens (tertiary/aromatic N) is 2. The van der Waals surface area contributed by atoms with E-state index in [9.17, 15) is 9.59 Å². The number of thiazole rings is 1. The van der Waals surface area contributed by atoms with Crippen LogP contribution in [-0.4, -0.2) is 17.1 Å². The summed E-state index contributed by atoms with van der Waals surface area (Å²) < 4.78 is 5.83. The fraction of sp³-hybridized carbons (Fsp3) is 0.375. The Labute approximate surface area is 84.2 Å². The minimum absolute atomic E-state index is 0.129. The summed E-state index contributed by atoms with van der Waals surface area (Å²) in [5.74, 6) is -0.574. The SMILES string of the molecule is Cc1csc(=O)n1CC(=O)OCC#N. The van der Waals surface area contributed by atoms with Crippen molar-refractivity contribution < 1.29 is 9.53 Å². The number of hydrogen-bond acceptors (Lipinski definition) is 5. The highest BCUT2D eigenvalue weighted by molar-refractivity contribution is 7.07. The van der Waals surface area contributed by atoms with Gasteiger partial charge >= 0.3 is 10.8 Å². The zero-order valence-corrected chi connectivity index (χ0v) is 8.34. The fourth-order valence-corrected chi connectivity index (χ4v) is 1.62. The molecule has 1 rings (SSSR count). The third-order valence-electron chi connectivity index (χ3n) is 1.56. The molecule has 0 aliphatic heterocycles. The van der Waals surface area contributed by atoms with Crippen LogP contribution in [0.15, 0.2) is 10.2 Å². The lowest BCUT2D eigenvalue weighted by Crippen LogP contribution is -2.22.